The lowest BCUT2D eigenvalue weighted by Crippen LogP contribution is -2.09. The van der Waals surface area contributed by atoms with Crippen molar-refractivity contribution >= 4 is 11.8 Å². The lowest BCUT2D eigenvalue weighted by molar-refractivity contribution is 0.0601. The molecular formula is C12H12N4O2. The summed E-state index contributed by atoms with van der Waals surface area (Å²) < 4.78 is 4.57. The predicted octanol–water partition coefficient (Wildman–Crippen LogP) is 1.22. The summed E-state index contributed by atoms with van der Waals surface area (Å²) in [4.78, 5) is 23.6. The van der Waals surface area contributed by atoms with Crippen LogP contribution in [0.1, 0.15) is 15.9 Å². The van der Waals surface area contributed by atoms with Crippen molar-refractivity contribution in [3.8, 4) is 11.5 Å². The van der Waals surface area contributed by atoms with Gasteiger partial charge < -0.3 is 10.5 Å². The second kappa shape index (κ2) is 4.79. The molecule has 0 atom stereocenters. The molecule has 2 aromatic heterocycles. The number of ether oxygens (including phenoxy) is 1. The molecule has 0 amide bonds. The Bertz CT molecular complexity index is 598. The number of nitrogen functional groups attached to an aromatic ring is 1. The average molecular weight is 244 g/mol. The van der Waals surface area contributed by atoms with Crippen LogP contribution in [0.3, 0.4) is 0 Å². The van der Waals surface area contributed by atoms with Gasteiger partial charge in [0.05, 0.1) is 7.11 Å². The number of carbonyl (C=O) groups is 1. The highest BCUT2D eigenvalue weighted by Gasteiger charge is 2.13. The largest absolute Gasteiger partial charge is 0.465 e. The summed E-state index contributed by atoms with van der Waals surface area (Å²) in [6.07, 6.45) is 3.01. The van der Waals surface area contributed by atoms with Crippen LogP contribution in [0, 0.1) is 6.92 Å². The van der Waals surface area contributed by atoms with Crippen molar-refractivity contribution < 1.29 is 9.53 Å². The fourth-order valence-electron chi connectivity index (χ4n) is 1.44. The molecule has 92 valence electrons. The van der Waals surface area contributed by atoms with Gasteiger partial charge in [0.25, 0.3) is 0 Å². The Labute approximate surface area is 104 Å². The first-order chi connectivity index (χ1) is 8.61. The van der Waals surface area contributed by atoms with Crippen molar-refractivity contribution in [1.82, 2.24) is 15.0 Å². The molecule has 0 aromatic carbocycles. The van der Waals surface area contributed by atoms with E-state index in [1.807, 2.05) is 19.1 Å². The smallest absolute Gasteiger partial charge is 0.343 e. The van der Waals surface area contributed by atoms with Gasteiger partial charge >= 0.3 is 5.97 Å². The second-order valence-corrected chi connectivity index (χ2v) is 3.70. The maximum Gasteiger partial charge on any atom is 0.343 e. The van der Waals surface area contributed by atoms with E-state index in [2.05, 4.69) is 19.7 Å². The number of aromatic nitrogens is 3. The molecule has 2 N–H and O–H groups in total. The lowest BCUT2D eigenvalue weighted by Gasteiger charge is -2.05. The number of carbonyl (C=O) groups excluding carboxylic acids is 1. The van der Waals surface area contributed by atoms with Crippen LogP contribution >= 0.6 is 0 Å². The van der Waals surface area contributed by atoms with Crippen LogP contribution in [0.25, 0.3) is 11.5 Å². The van der Waals surface area contributed by atoms with E-state index in [0.29, 0.717) is 11.5 Å². The fourth-order valence-corrected chi connectivity index (χ4v) is 1.44. The fraction of sp³-hybridized carbons (Fsp3) is 0.167. The normalized spacial score (nSPS) is 10.1. The minimum Gasteiger partial charge on any atom is -0.465 e. The first-order valence-electron chi connectivity index (χ1n) is 5.25. The first-order valence-corrected chi connectivity index (χ1v) is 5.25. The van der Waals surface area contributed by atoms with Crippen LogP contribution < -0.4 is 5.73 Å². The summed E-state index contributed by atoms with van der Waals surface area (Å²) >= 11 is 0. The van der Waals surface area contributed by atoms with Gasteiger partial charge in [0.1, 0.15) is 17.1 Å². The molecule has 0 radical (unpaired) electrons. The number of nitrogens with zero attached hydrogens (tertiary/aromatic N) is 3. The monoisotopic (exact) mass is 244 g/mol. The molecule has 2 aromatic rings. The molecule has 0 aliphatic carbocycles. The maximum absolute atomic E-state index is 11.3. The number of rotatable bonds is 2. The zero-order valence-corrected chi connectivity index (χ0v) is 10.0. The zero-order chi connectivity index (χ0) is 13.1. The summed E-state index contributed by atoms with van der Waals surface area (Å²) in [6.45, 7) is 1.94. The van der Waals surface area contributed by atoms with Crippen molar-refractivity contribution in [2.75, 3.05) is 12.8 Å². The molecule has 0 bridgehead atoms. The van der Waals surface area contributed by atoms with Crippen LogP contribution in [0.15, 0.2) is 24.5 Å². The van der Waals surface area contributed by atoms with Crippen LogP contribution in [0.5, 0.6) is 0 Å². The van der Waals surface area contributed by atoms with E-state index in [-0.39, 0.29) is 11.4 Å². The molecule has 0 saturated heterocycles. The van der Waals surface area contributed by atoms with Crippen molar-refractivity contribution in [3.05, 3.63) is 35.7 Å². The van der Waals surface area contributed by atoms with Gasteiger partial charge in [0.15, 0.2) is 5.82 Å². The minimum atomic E-state index is -0.559. The molecule has 0 fully saturated rings. The van der Waals surface area contributed by atoms with Crippen molar-refractivity contribution in [3.63, 3.8) is 0 Å². The third kappa shape index (κ3) is 2.27. The molecule has 2 rings (SSSR count). The van der Waals surface area contributed by atoms with Gasteiger partial charge in [-0.05, 0) is 24.6 Å². The first kappa shape index (κ1) is 12.0. The predicted molar refractivity (Wildman–Crippen MR) is 65.8 cm³/mol. The highest BCUT2D eigenvalue weighted by atomic mass is 16.5. The van der Waals surface area contributed by atoms with Gasteiger partial charge in [0.2, 0.25) is 0 Å². The van der Waals surface area contributed by atoms with Crippen LogP contribution in [-0.4, -0.2) is 28.0 Å². The van der Waals surface area contributed by atoms with Crippen molar-refractivity contribution in [2.45, 2.75) is 6.92 Å². The van der Waals surface area contributed by atoms with E-state index in [1.165, 1.54) is 13.3 Å². The van der Waals surface area contributed by atoms with Gasteiger partial charge in [-0.1, -0.05) is 0 Å². The SMILES string of the molecule is COC(=O)c1cnc(-c2cc(C)ccn2)nc1N. The molecule has 0 saturated carbocycles. The Morgan fingerprint density at radius 2 is 2.17 bits per heavy atom. The molecule has 0 aliphatic rings. The third-order valence-electron chi connectivity index (χ3n) is 2.37. The van der Waals surface area contributed by atoms with Gasteiger partial charge in [-0.25, -0.2) is 14.8 Å². The van der Waals surface area contributed by atoms with Gasteiger partial charge in [-0.15, -0.1) is 0 Å². The zero-order valence-electron chi connectivity index (χ0n) is 10.0. The van der Waals surface area contributed by atoms with Crippen LogP contribution in [0.2, 0.25) is 0 Å². The number of hydrogen-bond donors (Lipinski definition) is 1. The molecule has 0 spiro atoms. The van der Waals surface area contributed by atoms with Gasteiger partial charge in [0, 0.05) is 12.4 Å². The highest BCUT2D eigenvalue weighted by Crippen LogP contribution is 2.16. The Balaban J connectivity index is 2.43. The van der Waals surface area contributed by atoms with E-state index in [4.69, 9.17) is 5.73 Å². The minimum absolute atomic E-state index is 0.0788. The number of pyridine rings is 1. The summed E-state index contributed by atoms with van der Waals surface area (Å²) in [5.41, 5.74) is 7.49. The topological polar surface area (TPSA) is 91.0 Å². The molecule has 2 heterocycles. The number of hydrogen-bond acceptors (Lipinski definition) is 6. The quantitative estimate of drug-likeness (QED) is 0.798. The van der Waals surface area contributed by atoms with E-state index in [0.717, 1.165) is 5.56 Å². The average Bonchev–Trinajstić information content (AvgIpc) is 2.37. The molecule has 0 unspecified atom stereocenters. The van der Waals surface area contributed by atoms with Crippen LogP contribution in [0.4, 0.5) is 5.82 Å². The summed E-state index contributed by atoms with van der Waals surface area (Å²) in [7, 11) is 1.28. The van der Waals surface area contributed by atoms with Crippen molar-refractivity contribution in [1.29, 1.82) is 0 Å². The Morgan fingerprint density at radius 1 is 1.39 bits per heavy atom. The second-order valence-electron chi connectivity index (χ2n) is 3.70. The molecule has 6 nitrogen and oxygen atoms in total. The van der Waals surface area contributed by atoms with Crippen molar-refractivity contribution in [2.24, 2.45) is 0 Å². The highest BCUT2D eigenvalue weighted by molar-refractivity contribution is 5.93. The van der Waals surface area contributed by atoms with E-state index >= 15 is 0 Å². The Hall–Kier alpha value is -2.50. The number of esters is 1. The number of methoxy groups -OCH3 is 1. The standard InChI is InChI=1S/C12H12N4O2/c1-7-3-4-14-9(5-7)11-15-6-8(10(13)16-11)12(17)18-2/h3-6H,1-2H3,(H2,13,15,16). The molecular weight excluding hydrogens is 232 g/mol. The number of aryl methyl sites for hydroxylation is 1. The van der Waals surface area contributed by atoms with E-state index in [1.54, 1.807) is 6.20 Å². The summed E-state index contributed by atoms with van der Waals surface area (Å²) in [5, 5.41) is 0. The van der Waals surface area contributed by atoms with E-state index in [9.17, 15) is 4.79 Å². The van der Waals surface area contributed by atoms with E-state index < -0.39 is 5.97 Å². The molecule has 6 heteroatoms. The third-order valence-corrected chi connectivity index (χ3v) is 2.37. The lowest BCUT2D eigenvalue weighted by atomic mass is 10.2. The summed E-state index contributed by atoms with van der Waals surface area (Å²) in [6, 6.07) is 3.71. The molecule has 0 aliphatic heterocycles. The molecule has 18 heavy (non-hydrogen) atoms. The maximum atomic E-state index is 11.3. The summed E-state index contributed by atoms with van der Waals surface area (Å²) in [5.74, 6) is -0.102. The van der Waals surface area contributed by atoms with Gasteiger partial charge in [-0.2, -0.15) is 0 Å². The number of nitrogens with two attached hydrogens (primary N) is 1. The number of anilines is 1. The Kier molecular flexibility index (Phi) is 3.18. The van der Waals surface area contributed by atoms with Crippen LogP contribution in [-0.2, 0) is 4.74 Å². The van der Waals surface area contributed by atoms with Gasteiger partial charge in [-0.3, -0.25) is 4.98 Å². The Morgan fingerprint density at radius 3 is 2.78 bits per heavy atom.